The molecule has 0 aromatic carbocycles. The number of carbonyl (C=O) groups is 1. The molecule has 0 bridgehead atoms. The van der Waals surface area contributed by atoms with Crippen molar-refractivity contribution in [2.45, 2.75) is 45.3 Å². The van der Waals surface area contributed by atoms with Crippen molar-refractivity contribution in [3.05, 3.63) is 29.0 Å². The number of rotatable bonds is 2. The van der Waals surface area contributed by atoms with Crippen molar-refractivity contribution < 1.29 is 9.53 Å². The van der Waals surface area contributed by atoms with Crippen LogP contribution in [0.2, 0.25) is 5.02 Å². The van der Waals surface area contributed by atoms with Gasteiger partial charge in [-0.25, -0.2) is 0 Å². The van der Waals surface area contributed by atoms with Crippen molar-refractivity contribution in [3.8, 4) is 0 Å². The lowest BCUT2D eigenvalue weighted by Gasteiger charge is -2.26. The zero-order chi connectivity index (χ0) is 13.6. The standard InChI is InChI=1S/C14H18ClNO2/c1-13(2)7-10(14(3,4)18-13)12(17)11-6-5-9(15)8-16-11/h5-6,8,10H,7H2,1-4H3. The van der Waals surface area contributed by atoms with E-state index in [0.29, 0.717) is 17.1 Å². The SMILES string of the molecule is CC1(C)CC(C(=O)c2ccc(Cl)cn2)C(C)(C)O1. The Balaban J connectivity index is 2.27. The molecule has 18 heavy (non-hydrogen) atoms. The van der Waals surface area contributed by atoms with Crippen molar-refractivity contribution >= 4 is 17.4 Å². The molecule has 0 N–H and O–H groups in total. The van der Waals surface area contributed by atoms with Crippen LogP contribution in [0.1, 0.15) is 44.6 Å². The molecule has 0 saturated carbocycles. The molecule has 1 atom stereocenters. The smallest absolute Gasteiger partial charge is 0.187 e. The van der Waals surface area contributed by atoms with Gasteiger partial charge in [-0.05, 0) is 46.2 Å². The summed E-state index contributed by atoms with van der Waals surface area (Å²) in [6.45, 7) is 7.94. The van der Waals surface area contributed by atoms with Gasteiger partial charge in [0, 0.05) is 6.20 Å². The molecule has 1 saturated heterocycles. The van der Waals surface area contributed by atoms with Crippen LogP contribution in [0.15, 0.2) is 18.3 Å². The Morgan fingerprint density at radius 3 is 2.50 bits per heavy atom. The van der Waals surface area contributed by atoms with E-state index in [2.05, 4.69) is 4.98 Å². The predicted octanol–water partition coefficient (Wildman–Crippen LogP) is 3.51. The van der Waals surface area contributed by atoms with Crippen molar-refractivity contribution in [1.29, 1.82) is 0 Å². The molecule has 2 rings (SSSR count). The molecule has 1 aliphatic heterocycles. The molecule has 0 aliphatic carbocycles. The van der Waals surface area contributed by atoms with Gasteiger partial charge in [0.1, 0.15) is 5.69 Å². The van der Waals surface area contributed by atoms with Crippen molar-refractivity contribution in [1.82, 2.24) is 4.98 Å². The number of carbonyl (C=O) groups excluding carboxylic acids is 1. The van der Waals surface area contributed by atoms with Gasteiger partial charge in [0.2, 0.25) is 0 Å². The Kier molecular flexibility index (Phi) is 3.24. The quantitative estimate of drug-likeness (QED) is 0.770. The predicted molar refractivity (Wildman–Crippen MR) is 70.9 cm³/mol. The van der Waals surface area contributed by atoms with Crippen molar-refractivity contribution in [2.75, 3.05) is 0 Å². The summed E-state index contributed by atoms with van der Waals surface area (Å²) in [5.74, 6) is -0.136. The molecule has 1 fully saturated rings. The van der Waals surface area contributed by atoms with Crippen LogP contribution < -0.4 is 0 Å². The molecule has 1 aromatic rings. The molecule has 4 heteroatoms. The first-order valence-electron chi connectivity index (χ1n) is 6.07. The van der Waals surface area contributed by atoms with Crippen LogP contribution in [-0.4, -0.2) is 22.0 Å². The molecule has 0 radical (unpaired) electrons. The number of Topliss-reactive ketones (excluding diaryl/α,β-unsaturated/α-hetero) is 1. The van der Waals surface area contributed by atoms with Crippen molar-refractivity contribution in [3.63, 3.8) is 0 Å². The van der Waals surface area contributed by atoms with E-state index in [0.717, 1.165) is 0 Å². The van der Waals surface area contributed by atoms with E-state index in [1.807, 2.05) is 27.7 Å². The van der Waals surface area contributed by atoms with E-state index in [9.17, 15) is 4.79 Å². The second kappa shape index (κ2) is 4.32. The normalized spacial score (nSPS) is 25.1. The fourth-order valence-corrected chi connectivity index (χ4v) is 2.78. The monoisotopic (exact) mass is 267 g/mol. The first kappa shape index (κ1) is 13.5. The Morgan fingerprint density at radius 1 is 1.39 bits per heavy atom. The summed E-state index contributed by atoms with van der Waals surface area (Å²) in [7, 11) is 0. The van der Waals surface area contributed by atoms with Gasteiger partial charge in [-0.15, -0.1) is 0 Å². The highest BCUT2D eigenvalue weighted by atomic mass is 35.5. The maximum absolute atomic E-state index is 12.5. The highest BCUT2D eigenvalue weighted by Gasteiger charge is 2.49. The topological polar surface area (TPSA) is 39.2 Å². The largest absolute Gasteiger partial charge is 0.369 e. The molecule has 98 valence electrons. The first-order chi connectivity index (χ1) is 8.21. The second-order valence-electron chi connectivity index (χ2n) is 5.95. The number of hydrogen-bond donors (Lipinski definition) is 0. The van der Waals surface area contributed by atoms with Crippen LogP contribution in [-0.2, 0) is 4.74 Å². The van der Waals surface area contributed by atoms with Gasteiger partial charge in [-0.1, -0.05) is 11.6 Å². The van der Waals surface area contributed by atoms with E-state index in [1.54, 1.807) is 12.1 Å². The molecule has 1 unspecified atom stereocenters. The summed E-state index contributed by atoms with van der Waals surface area (Å²) < 4.78 is 5.94. The molecule has 1 aromatic heterocycles. The zero-order valence-corrected chi connectivity index (χ0v) is 11.9. The minimum absolute atomic E-state index is 0.0299. The van der Waals surface area contributed by atoms with Crippen LogP contribution in [0.4, 0.5) is 0 Å². The maximum Gasteiger partial charge on any atom is 0.187 e. The molecular weight excluding hydrogens is 250 g/mol. The summed E-state index contributed by atoms with van der Waals surface area (Å²) >= 11 is 5.78. The molecule has 2 heterocycles. The molecule has 3 nitrogen and oxygen atoms in total. The third kappa shape index (κ3) is 2.57. The fourth-order valence-electron chi connectivity index (χ4n) is 2.67. The van der Waals surface area contributed by atoms with Gasteiger partial charge >= 0.3 is 0 Å². The molecular formula is C14H18ClNO2. The first-order valence-corrected chi connectivity index (χ1v) is 6.45. The average molecular weight is 268 g/mol. The summed E-state index contributed by atoms with van der Waals surface area (Å²) in [5.41, 5.74) is -0.267. The van der Waals surface area contributed by atoms with Gasteiger partial charge in [0.15, 0.2) is 5.78 Å². The number of nitrogens with zero attached hydrogens (tertiary/aromatic N) is 1. The summed E-state index contributed by atoms with van der Waals surface area (Å²) in [6, 6.07) is 3.36. The summed E-state index contributed by atoms with van der Waals surface area (Å²) in [5, 5.41) is 0.536. The second-order valence-corrected chi connectivity index (χ2v) is 6.38. The van der Waals surface area contributed by atoms with Gasteiger partial charge in [0.25, 0.3) is 0 Å². The average Bonchev–Trinajstić information content (AvgIpc) is 2.47. The number of ketones is 1. The van der Waals surface area contributed by atoms with E-state index in [-0.39, 0.29) is 17.3 Å². The third-order valence-electron chi connectivity index (χ3n) is 3.37. The van der Waals surface area contributed by atoms with Crippen molar-refractivity contribution in [2.24, 2.45) is 5.92 Å². The Labute approximate surface area is 113 Å². The Hall–Kier alpha value is -0.930. The summed E-state index contributed by atoms with van der Waals surface area (Å²) in [4.78, 5) is 16.6. The van der Waals surface area contributed by atoms with Crippen LogP contribution >= 0.6 is 11.6 Å². The van der Waals surface area contributed by atoms with Crippen LogP contribution in [0.3, 0.4) is 0 Å². The maximum atomic E-state index is 12.5. The number of ether oxygens (including phenoxy) is 1. The zero-order valence-electron chi connectivity index (χ0n) is 11.2. The van der Waals surface area contributed by atoms with E-state index < -0.39 is 5.60 Å². The lowest BCUT2D eigenvalue weighted by Crippen LogP contribution is -2.34. The number of pyridine rings is 1. The molecule has 0 amide bonds. The molecule has 0 spiro atoms. The van der Waals surface area contributed by atoms with E-state index in [4.69, 9.17) is 16.3 Å². The fraction of sp³-hybridized carbons (Fsp3) is 0.571. The summed E-state index contributed by atoms with van der Waals surface area (Å²) in [6.07, 6.45) is 2.21. The Morgan fingerprint density at radius 2 is 2.06 bits per heavy atom. The lowest BCUT2D eigenvalue weighted by atomic mass is 9.83. The highest BCUT2D eigenvalue weighted by Crippen LogP contribution is 2.43. The minimum Gasteiger partial charge on any atom is -0.369 e. The number of aromatic nitrogens is 1. The van der Waals surface area contributed by atoms with E-state index >= 15 is 0 Å². The van der Waals surface area contributed by atoms with Gasteiger partial charge in [0.05, 0.1) is 22.1 Å². The van der Waals surface area contributed by atoms with Gasteiger partial charge < -0.3 is 4.74 Å². The number of halogens is 1. The highest BCUT2D eigenvalue weighted by molar-refractivity contribution is 6.30. The van der Waals surface area contributed by atoms with Crippen LogP contribution in [0.5, 0.6) is 0 Å². The minimum atomic E-state index is -0.456. The van der Waals surface area contributed by atoms with Gasteiger partial charge in [-0.3, -0.25) is 9.78 Å². The third-order valence-corrected chi connectivity index (χ3v) is 3.59. The molecule has 1 aliphatic rings. The van der Waals surface area contributed by atoms with Crippen LogP contribution in [0.25, 0.3) is 0 Å². The Bertz CT molecular complexity index is 465. The van der Waals surface area contributed by atoms with E-state index in [1.165, 1.54) is 6.20 Å². The van der Waals surface area contributed by atoms with Gasteiger partial charge in [-0.2, -0.15) is 0 Å². The number of hydrogen-bond acceptors (Lipinski definition) is 3. The van der Waals surface area contributed by atoms with Crippen LogP contribution in [0, 0.1) is 5.92 Å². The lowest BCUT2D eigenvalue weighted by molar-refractivity contribution is -0.0712.